The second-order valence-electron chi connectivity index (χ2n) is 5.10. The van der Waals surface area contributed by atoms with Gasteiger partial charge in [-0.25, -0.2) is 0 Å². The van der Waals surface area contributed by atoms with Gasteiger partial charge in [0.15, 0.2) is 0 Å². The molecule has 1 aromatic carbocycles. The van der Waals surface area contributed by atoms with Gasteiger partial charge in [0.1, 0.15) is 0 Å². The van der Waals surface area contributed by atoms with Gasteiger partial charge in [0.25, 0.3) is 0 Å². The molecule has 1 aromatic rings. The van der Waals surface area contributed by atoms with E-state index >= 15 is 0 Å². The summed E-state index contributed by atoms with van der Waals surface area (Å²) in [4.78, 5) is 22.3. The van der Waals surface area contributed by atoms with Crippen molar-refractivity contribution in [3.8, 4) is 0 Å². The van der Waals surface area contributed by atoms with Crippen LogP contribution in [0.2, 0.25) is 0 Å². The number of carboxylic acid groups (broad SMARTS) is 1. The highest BCUT2D eigenvalue weighted by Gasteiger charge is 2.16. The summed E-state index contributed by atoms with van der Waals surface area (Å²) in [6.07, 6.45) is 6.55. The molecule has 4 heteroatoms. The zero-order valence-corrected chi connectivity index (χ0v) is 10.9. The van der Waals surface area contributed by atoms with E-state index in [2.05, 4.69) is 5.32 Å². The van der Waals surface area contributed by atoms with Crippen LogP contribution in [-0.2, 0) is 4.79 Å². The van der Waals surface area contributed by atoms with Gasteiger partial charge in [0, 0.05) is 12.1 Å². The number of aromatic carboxylic acids is 1. The molecule has 1 N–H and O–H groups in total. The van der Waals surface area contributed by atoms with Gasteiger partial charge < -0.3 is 15.2 Å². The van der Waals surface area contributed by atoms with Crippen LogP contribution in [0.5, 0.6) is 0 Å². The van der Waals surface area contributed by atoms with Crippen LogP contribution in [0.25, 0.3) is 0 Å². The molecule has 1 fully saturated rings. The highest BCUT2D eigenvalue weighted by atomic mass is 16.4. The molecule has 102 valence electrons. The normalized spacial score (nSPS) is 15.4. The molecule has 0 saturated heterocycles. The van der Waals surface area contributed by atoms with E-state index in [1.807, 2.05) is 0 Å². The van der Waals surface area contributed by atoms with Gasteiger partial charge in [-0.05, 0) is 30.0 Å². The number of carbonyl (C=O) groups is 2. The number of anilines is 1. The van der Waals surface area contributed by atoms with E-state index in [-0.39, 0.29) is 11.5 Å². The third-order valence-electron chi connectivity index (χ3n) is 3.66. The topological polar surface area (TPSA) is 69.2 Å². The molecule has 0 radical (unpaired) electrons. The van der Waals surface area contributed by atoms with E-state index in [0.29, 0.717) is 18.0 Å². The number of carboxylic acids is 1. The largest absolute Gasteiger partial charge is 0.545 e. The number of hydrogen-bond donors (Lipinski definition) is 1. The summed E-state index contributed by atoms with van der Waals surface area (Å²) in [7, 11) is 0. The first-order valence-electron chi connectivity index (χ1n) is 6.76. The summed E-state index contributed by atoms with van der Waals surface area (Å²) in [5.41, 5.74) is 0.741. The molecule has 0 bridgehead atoms. The zero-order chi connectivity index (χ0) is 13.7. The fourth-order valence-corrected chi connectivity index (χ4v) is 2.55. The van der Waals surface area contributed by atoms with Crippen molar-refractivity contribution < 1.29 is 14.7 Å². The van der Waals surface area contributed by atoms with E-state index in [9.17, 15) is 14.7 Å². The van der Waals surface area contributed by atoms with Crippen molar-refractivity contribution in [2.45, 2.75) is 38.5 Å². The number of rotatable bonds is 5. The SMILES string of the molecule is O=C(CCC1CCCC1)Nc1ccc(C(=O)[O-])cc1. The average molecular weight is 260 g/mol. The van der Waals surface area contributed by atoms with E-state index in [1.165, 1.54) is 37.8 Å². The van der Waals surface area contributed by atoms with Gasteiger partial charge in [0.05, 0.1) is 5.97 Å². The van der Waals surface area contributed by atoms with Gasteiger partial charge in [-0.2, -0.15) is 0 Å². The lowest BCUT2D eigenvalue weighted by atomic mass is 10.0. The Bertz CT molecular complexity index is 447. The molecular weight excluding hydrogens is 242 g/mol. The molecule has 19 heavy (non-hydrogen) atoms. The Morgan fingerprint density at radius 1 is 1.16 bits per heavy atom. The van der Waals surface area contributed by atoms with Crippen LogP contribution < -0.4 is 10.4 Å². The maximum Gasteiger partial charge on any atom is 0.224 e. The average Bonchev–Trinajstić information content (AvgIpc) is 2.90. The van der Waals surface area contributed by atoms with Gasteiger partial charge in [-0.3, -0.25) is 4.79 Å². The molecule has 0 aromatic heterocycles. The van der Waals surface area contributed by atoms with Crippen LogP contribution in [0.3, 0.4) is 0 Å². The Hall–Kier alpha value is -1.84. The van der Waals surface area contributed by atoms with Crippen LogP contribution in [0, 0.1) is 5.92 Å². The third-order valence-corrected chi connectivity index (χ3v) is 3.66. The summed E-state index contributed by atoms with van der Waals surface area (Å²) in [5, 5.41) is 13.4. The first-order valence-corrected chi connectivity index (χ1v) is 6.76. The van der Waals surface area contributed by atoms with Crippen molar-refractivity contribution in [1.82, 2.24) is 0 Å². The van der Waals surface area contributed by atoms with Gasteiger partial charge >= 0.3 is 0 Å². The van der Waals surface area contributed by atoms with Gasteiger partial charge in [-0.15, -0.1) is 0 Å². The minimum atomic E-state index is -1.21. The molecule has 0 atom stereocenters. The maximum atomic E-state index is 11.7. The quantitative estimate of drug-likeness (QED) is 0.879. The molecular formula is C15H18NO3-. The van der Waals surface area contributed by atoms with E-state index in [4.69, 9.17) is 0 Å². The standard InChI is InChI=1S/C15H19NO3/c17-14(10-5-11-3-1-2-4-11)16-13-8-6-12(7-9-13)15(18)19/h6-9,11H,1-5,10H2,(H,16,17)(H,18,19)/p-1. The molecule has 0 heterocycles. The van der Waals surface area contributed by atoms with Gasteiger partial charge in [0.2, 0.25) is 5.91 Å². The summed E-state index contributed by atoms with van der Waals surface area (Å²) < 4.78 is 0. The second kappa shape index (κ2) is 6.36. The Labute approximate surface area is 112 Å². The lowest BCUT2D eigenvalue weighted by Crippen LogP contribution is -2.22. The lowest BCUT2D eigenvalue weighted by molar-refractivity contribution is -0.255. The molecule has 0 spiro atoms. The molecule has 2 rings (SSSR count). The Morgan fingerprint density at radius 2 is 1.79 bits per heavy atom. The van der Waals surface area contributed by atoms with Crippen LogP contribution in [0.15, 0.2) is 24.3 Å². The van der Waals surface area contributed by atoms with Crippen molar-refractivity contribution in [1.29, 1.82) is 0 Å². The predicted molar refractivity (Wildman–Crippen MR) is 70.6 cm³/mol. The zero-order valence-electron chi connectivity index (χ0n) is 10.9. The van der Waals surface area contributed by atoms with Crippen LogP contribution in [0.4, 0.5) is 5.69 Å². The van der Waals surface area contributed by atoms with Crippen molar-refractivity contribution in [2.75, 3.05) is 5.32 Å². The smallest absolute Gasteiger partial charge is 0.224 e. The van der Waals surface area contributed by atoms with Crippen molar-refractivity contribution in [3.63, 3.8) is 0 Å². The highest BCUT2D eigenvalue weighted by molar-refractivity contribution is 5.92. The van der Waals surface area contributed by atoms with E-state index in [0.717, 1.165) is 6.42 Å². The van der Waals surface area contributed by atoms with Crippen molar-refractivity contribution in [3.05, 3.63) is 29.8 Å². The second-order valence-corrected chi connectivity index (χ2v) is 5.10. The molecule has 1 aliphatic rings. The summed E-state index contributed by atoms with van der Waals surface area (Å²) in [5.74, 6) is -0.515. The maximum absolute atomic E-state index is 11.7. The minimum absolute atomic E-state index is 0.00639. The summed E-state index contributed by atoms with van der Waals surface area (Å²) in [6, 6.07) is 6.03. The summed E-state index contributed by atoms with van der Waals surface area (Å²) >= 11 is 0. The monoisotopic (exact) mass is 260 g/mol. The number of nitrogens with one attached hydrogen (secondary N) is 1. The first kappa shape index (κ1) is 13.6. The molecule has 1 amide bonds. The molecule has 0 unspecified atom stereocenters. The lowest BCUT2D eigenvalue weighted by Gasteiger charge is -2.09. The van der Waals surface area contributed by atoms with Crippen LogP contribution in [0.1, 0.15) is 48.9 Å². The number of hydrogen-bond acceptors (Lipinski definition) is 3. The third kappa shape index (κ3) is 4.09. The van der Waals surface area contributed by atoms with Crippen molar-refractivity contribution in [2.24, 2.45) is 5.92 Å². The van der Waals surface area contributed by atoms with Crippen LogP contribution >= 0.6 is 0 Å². The Balaban J connectivity index is 1.79. The van der Waals surface area contributed by atoms with Gasteiger partial charge in [-0.1, -0.05) is 37.8 Å². The van der Waals surface area contributed by atoms with E-state index < -0.39 is 5.97 Å². The number of benzene rings is 1. The van der Waals surface area contributed by atoms with Crippen LogP contribution in [-0.4, -0.2) is 11.9 Å². The fraction of sp³-hybridized carbons (Fsp3) is 0.467. The fourth-order valence-electron chi connectivity index (χ4n) is 2.55. The first-order chi connectivity index (χ1) is 9.15. The number of carbonyl (C=O) groups excluding carboxylic acids is 2. The minimum Gasteiger partial charge on any atom is -0.545 e. The summed E-state index contributed by atoms with van der Waals surface area (Å²) in [6.45, 7) is 0. The van der Waals surface area contributed by atoms with E-state index in [1.54, 1.807) is 12.1 Å². The molecule has 4 nitrogen and oxygen atoms in total. The Morgan fingerprint density at radius 3 is 2.37 bits per heavy atom. The number of amides is 1. The molecule has 1 saturated carbocycles. The Kier molecular flexibility index (Phi) is 4.55. The molecule has 0 aliphatic heterocycles. The molecule has 1 aliphatic carbocycles. The van der Waals surface area contributed by atoms with Crippen molar-refractivity contribution >= 4 is 17.6 Å². The predicted octanol–water partition coefficient (Wildman–Crippen LogP) is 1.96. The highest BCUT2D eigenvalue weighted by Crippen LogP contribution is 2.28.